The topological polar surface area (TPSA) is 81.4 Å². The molecular formula is C17H17F3N2O3S. The van der Waals surface area contributed by atoms with E-state index < -0.39 is 38.7 Å². The summed E-state index contributed by atoms with van der Waals surface area (Å²) in [5, 5.41) is 18.9. The summed E-state index contributed by atoms with van der Waals surface area (Å²) in [6.45, 7) is -0.437. The fourth-order valence-corrected chi connectivity index (χ4v) is 7.91. The van der Waals surface area contributed by atoms with Gasteiger partial charge < -0.3 is 5.11 Å². The minimum absolute atomic E-state index is 0.0766. The molecule has 3 aliphatic rings. The first-order valence-electron chi connectivity index (χ1n) is 8.41. The molecular weight excluding hydrogens is 369 g/mol. The van der Waals surface area contributed by atoms with Gasteiger partial charge in [-0.15, -0.1) is 0 Å². The van der Waals surface area contributed by atoms with E-state index in [1.807, 2.05) is 0 Å². The largest absolute Gasteiger partial charge is 0.417 e. The summed E-state index contributed by atoms with van der Waals surface area (Å²) < 4.78 is 66.0. The van der Waals surface area contributed by atoms with E-state index in [1.165, 1.54) is 12.1 Å². The van der Waals surface area contributed by atoms with Crippen LogP contribution in [0.4, 0.5) is 18.9 Å². The Hall–Kier alpha value is -1.79. The van der Waals surface area contributed by atoms with Crippen molar-refractivity contribution in [2.75, 3.05) is 17.5 Å². The second kappa shape index (κ2) is 5.36. The summed E-state index contributed by atoms with van der Waals surface area (Å²) in [7, 11) is -4.01. The third-order valence-electron chi connectivity index (χ3n) is 6.46. The zero-order valence-electron chi connectivity index (χ0n) is 13.7. The average molecular weight is 386 g/mol. The molecule has 1 aromatic carbocycles. The number of benzene rings is 1. The monoisotopic (exact) mass is 386 g/mol. The molecule has 1 aromatic rings. The number of anilines is 1. The van der Waals surface area contributed by atoms with Crippen molar-refractivity contribution in [3.63, 3.8) is 0 Å². The van der Waals surface area contributed by atoms with Crippen molar-refractivity contribution < 1.29 is 26.7 Å². The first-order valence-corrected chi connectivity index (χ1v) is 9.85. The molecule has 1 saturated heterocycles. The van der Waals surface area contributed by atoms with Crippen molar-refractivity contribution >= 4 is 15.7 Å². The highest BCUT2D eigenvalue weighted by atomic mass is 32.2. The number of rotatable bonds is 2. The number of nitriles is 1. The number of sulfonamides is 1. The van der Waals surface area contributed by atoms with Gasteiger partial charge in [0.15, 0.2) is 0 Å². The fourth-order valence-electron chi connectivity index (χ4n) is 5.31. The van der Waals surface area contributed by atoms with Gasteiger partial charge in [-0.25, -0.2) is 8.42 Å². The molecule has 0 aromatic heterocycles. The smallest absolute Gasteiger partial charge is 0.395 e. The molecule has 3 fully saturated rings. The van der Waals surface area contributed by atoms with Gasteiger partial charge in [0.25, 0.3) is 0 Å². The Labute approximate surface area is 149 Å². The normalized spacial score (nSPS) is 34.7. The van der Waals surface area contributed by atoms with E-state index in [0.717, 1.165) is 35.7 Å². The second-order valence-corrected chi connectivity index (χ2v) is 9.52. The van der Waals surface area contributed by atoms with E-state index in [0.29, 0.717) is 0 Å². The van der Waals surface area contributed by atoms with Crippen LogP contribution in [-0.4, -0.2) is 31.4 Å². The molecule has 26 heavy (non-hydrogen) atoms. The van der Waals surface area contributed by atoms with Crippen LogP contribution in [0.25, 0.3) is 0 Å². The minimum atomic E-state index is -4.76. The molecule has 2 saturated carbocycles. The number of aliphatic hydroxyl groups excluding tert-OH is 1. The summed E-state index contributed by atoms with van der Waals surface area (Å²) in [6.07, 6.45) is -2.40. The number of alkyl halides is 3. The number of fused-ring (bicyclic) bond motifs is 5. The molecule has 0 unspecified atom stereocenters. The number of nitrogens with zero attached hydrogens (tertiary/aromatic N) is 2. The van der Waals surface area contributed by atoms with E-state index in [9.17, 15) is 26.7 Å². The SMILES string of the molecule is N#Cc1ccc(N2C[C@H]3[C@H]4CC[C@H](C4)[C@@]3(CO)S2(=O)=O)cc1C(F)(F)F. The van der Waals surface area contributed by atoms with Crippen LogP contribution < -0.4 is 4.31 Å². The summed E-state index contributed by atoms with van der Waals surface area (Å²) in [5.41, 5.74) is -1.79. The third-order valence-corrected chi connectivity index (χ3v) is 9.12. The number of halogens is 3. The highest BCUT2D eigenvalue weighted by molar-refractivity contribution is 7.94. The van der Waals surface area contributed by atoms with Gasteiger partial charge in [-0.2, -0.15) is 18.4 Å². The molecule has 4 atom stereocenters. The summed E-state index contributed by atoms with van der Waals surface area (Å²) in [6, 6.07) is 4.46. The summed E-state index contributed by atoms with van der Waals surface area (Å²) in [4.78, 5) is 0. The van der Waals surface area contributed by atoms with Gasteiger partial charge in [-0.1, -0.05) is 0 Å². The molecule has 0 amide bonds. The van der Waals surface area contributed by atoms with Gasteiger partial charge in [0.1, 0.15) is 4.75 Å². The van der Waals surface area contributed by atoms with Gasteiger partial charge in [0, 0.05) is 12.5 Å². The molecule has 9 heteroatoms. The Morgan fingerprint density at radius 2 is 2.08 bits per heavy atom. The van der Waals surface area contributed by atoms with Gasteiger partial charge >= 0.3 is 6.18 Å². The second-order valence-electron chi connectivity index (χ2n) is 7.37. The molecule has 4 rings (SSSR count). The number of hydrogen-bond donors (Lipinski definition) is 1. The third kappa shape index (κ3) is 2.03. The molecule has 1 heterocycles. The van der Waals surface area contributed by atoms with Crippen LogP contribution in [-0.2, 0) is 16.2 Å². The van der Waals surface area contributed by atoms with Gasteiger partial charge in [0.2, 0.25) is 10.0 Å². The number of hydrogen-bond acceptors (Lipinski definition) is 4. The Morgan fingerprint density at radius 3 is 2.65 bits per heavy atom. The maximum atomic E-state index is 13.3. The van der Waals surface area contributed by atoms with E-state index >= 15 is 0 Å². The predicted octanol–water partition coefficient (Wildman–Crippen LogP) is 2.50. The predicted molar refractivity (Wildman–Crippen MR) is 86.6 cm³/mol. The van der Waals surface area contributed by atoms with Crippen molar-refractivity contribution in [3.05, 3.63) is 29.3 Å². The summed E-state index contributed by atoms with van der Waals surface area (Å²) in [5.74, 6) is -0.258. The standard InChI is InChI=1S/C17H17F3N2O3S/c18-17(19,20)14-6-13(4-2-11(14)7-21)22-8-15-10-1-3-12(5-10)16(15,9-23)26(22,24)25/h2,4,6,10,12,15,23H,1,3,5,8-9H2/t10-,12+,15-,16+/m0/s1. The first-order chi connectivity index (χ1) is 12.2. The average Bonchev–Trinajstić information content (AvgIpc) is 3.23. The van der Waals surface area contributed by atoms with E-state index in [4.69, 9.17) is 5.26 Å². The molecule has 5 nitrogen and oxygen atoms in total. The van der Waals surface area contributed by atoms with Crippen LogP contribution in [0, 0.1) is 29.1 Å². The lowest BCUT2D eigenvalue weighted by atomic mass is 9.79. The van der Waals surface area contributed by atoms with Crippen LogP contribution in [0.1, 0.15) is 30.4 Å². The highest BCUT2D eigenvalue weighted by Crippen LogP contribution is 2.62. The van der Waals surface area contributed by atoms with Gasteiger partial charge in [0.05, 0.1) is 29.5 Å². The zero-order chi connectivity index (χ0) is 18.9. The van der Waals surface area contributed by atoms with Crippen LogP contribution in [0.5, 0.6) is 0 Å². The minimum Gasteiger partial charge on any atom is -0.395 e. The number of aliphatic hydroxyl groups is 1. The highest BCUT2D eigenvalue weighted by Gasteiger charge is 2.70. The van der Waals surface area contributed by atoms with Gasteiger partial charge in [-0.05, 0) is 49.3 Å². The van der Waals surface area contributed by atoms with Crippen molar-refractivity contribution in [2.45, 2.75) is 30.2 Å². The Balaban J connectivity index is 1.83. The zero-order valence-corrected chi connectivity index (χ0v) is 14.5. The molecule has 2 aliphatic carbocycles. The van der Waals surface area contributed by atoms with Crippen molar-refractivity contribution in [1.29, 1.82) is 5.26 Å². The molecule has 0 spiro atoms. The van der Waals surface area contributed by atoms with E-state index in [2.05, 4.69) is 0 Å². The van der Waals surface area contributed by atoms with E-state index in [-0.39, 0.29) is 30.0 Å². The van der Waals surface area contributed by atoms with Crippen molar-refractivity contribution in [1.82, 2.24) is 0 Å². The van der Waals surface area contributed by atoms with Crippen LogP contribution in [0.3, 0.4) is 0 Å². The lowest BCUT2D eigenvalue weighted by molar-refractivity contribution is -0.137. The summed E-state index contributed by atoms with van der Waals surface area (Å²) >= 11 is 0. The van der Waals surface area contributed by atoms with Crippen LogP contribution in [0.15, 0.2) is 18.2 Å². The molecule has 1 N–H and O–H groups in total. The van der Waals surface area contributed by atoms with Crippen LogP contribution in [0.2, 0.25) is 0 Å². The quantitative estimate of drug-likeness (QED) is 0.847. The van der Waals surface area contributed by atoms with Crippen molar-refractivity contribution in [3.8, 4) is 6.07 Å². The molecule has 1 aliphatic heterocycles. The van der Waals surface area contributed by atoms with E-state index in [1.54, 1.807) is 0 Å². The lowest BCUT2D eigenvalue weighted by Gasteiger charge is -2.35. The maximum absolute atomic E-state index is 13.3. The molecule has 0 radical (unpaired) electrons. The first kappa shape index (κ1) is 17.6. The lowest BCUT2D eigenvalue weighted by Crippen LogP contribution is -2.50. The Bertz CT molecular complexity index is 909. The Morgan fingerprint density at radius 1 is 1.35 bits per heavy atom. The molecule has 140 valence electrons. The van der Waals surface area contributed by atoms with Crippen molar-refractivity contribution in [2.24, 2.45) is 17.8 Å². The van der Waals surface area contributed by atoms with Gasteiger partial charge in [-0.3, -0.25) is 4.31 Å². The van der Waals surface area contributed by atoms with Crippen LogP contribution >= 0.6 is 0 Å². The fraction of sp³-hybridized carbons (Fsp3) is 0.588. The Kier molecular flexibility index (Phi) is 3.63. The molecule has 2 bridgehead atoms. The maximum Gasteiger partial charge on any atom is 0.417 e.